The predicted molar refractivity (Wildman–Crippen MR) is 86.2 cm³/mol. The summed E-state index contributed by atoms with van der Waals surface area (Å²) in [4.78, 5) is 26.2. The Balaban J connectivity index is 1.60. The van der Waals surface area contributed by atoms with Gasteiger partial charge in [-0.15, -0.1) is 5.10 Å². The van der Waals surface area contributed by atoms with Crippen molar-refractivity contribution < 1.29 is 14.7 Å². The highest BCUT2D eigenvalue weighted by Gasteiger charge is 2.47. The van der Waals surface area contributed by atoms with E-state index in [1.165, 1.54) is 0 Å². The number of carboxylic acid groups (broad SMARTS) is 1. The van der Waals surface area contributed by atoms with Crippen molar-refractivity contribution in [2.75, 3.05) is 0 Å². The van der Waals surface area contributed by atoms with Crippen molar-refractivity contribution in [3.05, 3.63) is 24.3 Å². The van der Waals surface area contributed by atoms with E-state index in [0.717, 1.165) is 36.7 Å². The van der Waals surface area contributed by atoms with Crippen molar-refractivity contribution in [3.8, 4) is 0 Å². The summed E-state index contributed by atoms with van der Waals surface area (Å²) < 4.78 is 1.56. The monoisotopic (exact) mass is 328 g/mol. The number of hydrogen-bond donors (Lipinski definition) is 1. The highest BCUT2D eigenvalue weighted by molar-refractivity contribution is 5.85. The fourth-order valence-corrected chi connectivity index (χ4v) is 4.28. The lowest BCUT2D eigenvalue weighted by atomic mass is 9.85. The molecule has 126 valence electrons. The third-order valence-electron chi connectivity index (χ3n) is 5.37. The largest absolute Gasteiger partial charge is 0.480 e. The van der Waals surface area contributed by atoms with E-state index in [-0.39, 0.29) is 18.5 Å². The molecule has 1 aromatic carbocycles. The van der Waals surface area contributed by atoms with Crippen LogP contribution in [0.5, 0.6) is 0 Å². The lowest BCUT2D eigenvalue weighted by molar-refractivity contribution is -0.150. The quantitative estimate of drug-likeness (QED) is 0.926. The summed E-state index contributed by atoms with van der Waals surface area (Å²) in [5, 5.41) is 17.7. The molecule has 0 radical (unpaired) electrons. The standard InChI is InChI=1S/C17H20N4O3/c22-16(10-20-14-8-4-2-6-12(14)18-19-20)21-13-7-3-1-5-11(13)9-15(21)17(23)24/h2,4,6,8,11,13,15H,1,3,5,7,9-10H2,(H,23,24). The number of nitrogens with zero attached hydrogens (tertiary/aromatic N) is 4. The molecule has 1 aliphatic carbocycles. The normalized spacial score (nSPS) is 26.5. The number of amides is 1. The van der Waals surface area contributed by atoms with Gasteiger partial charge < -0.3 is 10.0 Å². The number of aliphatic carboxylic acids is 1. The van der Waals surface area contributed by atoms with Crippen molar-refractivity contribution in [1.82, 2.24) is 19.9 Å². The molecule has 4 rings (SSSR count). The molecule has 1 amide bonds. The van der Waals surface area contributed by atoms with Gasteiger partial charge in [0.2, 0.25) is 5.91 Å². The van der Waals surface area contributed by atoms with Crippen LogP contribution in [-0.4, -0.2) is 49.0 Å². The van der Waals surface area contributed by atoms with Crippen molar-refractivity contribution in [3.63, 3.8) is 0 Å². The van der Waals surface area contributed by atoms with Gasteiger partial charge in [-0.05, 0) is 37.3 Å². The highest BCUT2D eigenvalue weighted by atomic mass is 16.4. The minimum atomic E-state index is -0.902. The summed E-state index contributed by atoms with van der Waals surface area (Å²) >= 11 is 0. The number of likely N-dealkylation sites (tertiary alicyclic amines) is 1. The molecule has 1 saturated heterocycles. The van der Waals surface area contributed by atoms with Gasteiger partial charge in [-0.1, -0.05) is 30.2 Å². The van der Waals surface area contributed by atoms with Gasteiger partial charge in [-0.25, -0.2) is 9.48 Å². The van der Waals surface area contributed by atoms with Crippen LogP contribution >= 0.6 is 0 Å². The molecule has 7 heteroatoms. The van der Waals surface area contributed by atoms with Crippen molar-refractivity contribution in [2.45, 2.75) is 50.7 Å². The van der Waals surface area contributed by atoms with Crippen LogP contribution in [0.1, 0.15) is 32.1 Å². The van der Waals surface area contributed by atoms with Gasteiger partial charge in [-0.3, -0.25) is 4.79 Å². The number of para-hydroxylation sites is 1. The Labute approximate surface area is 139 Å². The lowest BCUT2D eigenvalue weighted by Gasteiger charge is -2.33. The van der Waals surface area contributed by atoms with Crippen LogP contribution in [0.15, 0.2) is 24.3 Å². The fraction of sp³-hybridized carbons (Fsp3) is 0.529. The van der Waals surface area contributed by atoms with E-state index in [1.807, 2.05) is 24.3 Å². The maximum absolute atomic E-state index is 12.9. The average molecular weight is 328 g/mol. The second kappa shape index (κ2) is 5.89. The Morgan fingerprint density at radius 2 is 2.00 bits per heavy atom. The molecule has 0 spiro atoms. The van der Waals surface area contributed by atoms with Gasteiger partial charge in [-0.2, -0.15) is 0 Å². The van der Waals surface area contributed by atoms with E-state index < -0.39 is 12.0 Å². The SMILES string of the molecule is O=C(O)C1CC2CCCCC2N1C(=O)Cn1nnc2ccccc21. The Morgan fingerprint density at radius 1 is 1.21 bits per heavy atom. The molecule has 2 aromatic rings. The summed E-state index contributed by atoms with van der Waals surface area (Å²) in [5.41, 5.74) is 1.52. The zero-order valence-corrected chi connectivity index (χ0v) is 13.3. The van der Waals surface area contributed by atoms with Crippen LogP contribution in [0.2, 0.25) is 0 Å². The summed E-state index contributed by atoms with van der Waals surface area (Å²) in [6.07, 6.45) is 4.68. The second-order valence-corrected chi connectivity index (χ2v) is 6.74. The third kappa shape index (κ3) is 2.44. The zero-order chi connectivity index (χ0) is 16.7. The van der Waals surface area contributed by atoms with Gasteiger partial charge in [0.25, 0.3) is 0 Å². The zero-order valence-electron chi connectivity index (χ0n) is 13.3. The number of carbonyl (C=O) groups excluding carboxylic acids is 1. The summed E-state index contributed by atoms with van der Waals surface area (Å²) in [6.45, 7) is 0.0352. The molecular formula is C17H20N4O3. The lowest BCUT2D eigenvalue weighted by Crippen LogP contribution is -2.47. The number of carboxylic acids is 1. The Bertz CT molecular complexity index is 787. The molecule has 1 aromatic heterocycles. The van der Waals surface area contributed by atoms with Crippen LogP contribution in [0.25, 0.3) is 11.0 Å². The molecular weight excluding hydrogens is 308 g/mol. The first-order chi connectivity index (χ1) is 11.6. The van der Waals surface area contributed by atoms with Gasteiger partial charge in [0.05, 0.1) is 5.52 Å². The number of fused-ring (bicyclic) bond motifs is 2. The minimum Gasteiger partial charge on any atom is -0.480 e. The first-order valence-electron chi connectivity index (χ1n) is 8.47. The van der Waals surface area contributed by atoms with Gasteiger partial charge >= 0.3 is 5.97 Å². The summed E-state index contributed by atoms with van der Waals surface area (Å²) in [5.74, 6) is -0.759. The van der Waals surface area contributed by atoms with Crippen molar-refractivity contribution in [1.29, 1.82) is 0 Å². The molecule has 1 saturated carbocycles. The molecule has 3 unspecified atom stereocenters. The Kier molecular flexibility index (Phi) is 3.70. The molecule has 2 aliphatic rings. The van der Waals surface area contributed by atoms with Crippen LogP contribution in [-0.2, 0) is 16.1 Å². The van der Waals surface area contributed by atoms with Gasteiger partial charge in [0.1, 0.15) is 18.1 Å². The first-order valence-corrected chi connectivity index (χ1v) is 8.47. The molecule has 2 fully saturated rings. The van der Waals surface area contributed by atoms with Crippen LogP contribution in [0.4, 0.5) is 0 Å². The highest BCUT2D eigenvalue weighted by Crippen LogP contribution is 2.40. The number of aromatic nitrogens is 3. The third-order valence-corrected chi connectivity index (χ3v) is 5.37. The number of benzene rings is 1. The van der Waals surface area contributed by atoms with Gasteiger partial charge in [0, 0.05) is 6.04 Å². The van der Waals surface area contributed by atoms with E-state index >= 15 is 0 Å². The van der Waals surface area contributed by atoms with Crippen LogP contribution in [0.3, 0.4) is 0 Å². The van der Waals surface area contributed by atoms with Gasteiger partial charge in [0.15, 0.2) is 0 Å². The summed E-state index contributed by atoms with van der Waals surface area (Å²) in [6, 6.07) is 6.81. The molecule has 2 heterocycles. The van der Waals surface area contributed by atoms with E-state index in [1.54, 1.807) is 9.58 Å². The van der Waals surface area contributed by atoms with Crippen molar-refractivity contribution >= 4 is 22.9 Å². The Morgan fingerprint density at radius 3 is 2.83 bits per heavy atom. The smallest absolute Gasteiger partial charge is 0.326 e. The second-order valence-electron chi connectivity index (χ2n) is 6.74. The number of rotatable bonds is 3. The average Bonchev–Trinajstić information content (AvgIpc) is 3.16. The molecule has 0 bridgehead atoms. The number of carbonyl (C=O) groups is 2. The molecule has 1 N–H and O–H groups in total. The maximum Gasteiger partial charge on any atom is 0.326 e. The van der Waals surface area contributed by atoms with Crippen molar-refractivity contribution in [2.24, 2.45) is 5.92 Å². The first kappa shape index (κ1) is 15.1. The van der Waals surface area contributed by atoms with Crippen LogP contribution < -0.4 is 0 Å². The van der Waals surface area contributed by atoms with E-state index in [9.17, 15) is 14.7 Å². The predicted octanol–water partition coefficient (Wildman–Crippen LogP) is 1.68. The maximum atomic E-state index is 12.9. The molecule has 7 nitrogen and oxygen atoms in total. The van der Waals surface area contributed by atoms with E-state index in [0.29, 0.717) is 12.3 Å². The molecule has 3 atom stereocenters. The summed E-state index contributed by atoms with van der Waals surface area (Å²) in [7, 11) is 0. The molecule has 1 aliphatic heterocycles. The number of hydrogen-bond acceptors (Lipinski definition) is 4. The fourth-order valence-electron chi connectivity index (χ4n) is 4.28. The Hall–Kier alpha value is -2.44. The van der Waals surface area contributed by atoms with Crippen LogP contribution in [0, 0.1) is 5.92 Å². The molecule has 24 heavy (non-hydrogen) atoms. The minimum absolute atomic E-state index is 0.0352. The van der Waals surface area contributed by atoms with E-state index in [2.05, 4.69) is 10.3 Å². The topological polar surface area (TPSA) is 88.3 Å². The van der Waals surface area contributed by atoms with E-state index in [4.69, 9.17) is 0 Å².